The molecule has 0 atom stereocenters. The molecule has 0 N–H and O–H groups in total. The molecule has 5 heteroatoms. The summed E-state index contributed by atoms with van der Waals surface area (Å²) >= 11 is 3.38. The van der Waals surface area contributed by atoms with Crippen molar-refractivity contribution in [1.29, 1.82) is 0 Å². The first-order valence-corrected chi connectivity index (χ1v) is 6.74. The minimum Gasteiger partial charge on any atom is -0.270 e. The van der Waals surface area contributed by atoms with Gasteiger partial charge >= 0.3 is 0 Å². The molecule has 3 nitrogen and oxygen atoms in total. The van der Waals surface area contributed by atoms with Gasteiger partial charge in [-0.3, -0.25) is 4.18 Å². The van der Waals surface area contributed by atoms with Gasteiger partial charge in [-0.1, -0.05) is 40.2 Å². The lowest BCUT2D eigenvalue weighted by Crippen LogP contribution is -2.03. The van der Waals surface area contributed by atoms with Crippen molar-refractivity contribution in [3.8, 4) is 0 Å². The van der Waals surface area contributed by atoms with E-state index >= 15 is 0 Å². The number of benzene rings is 2. The highest BCUT2D eigenvalue weighted by Gasteiger charge is 2.16. The van der Waals surface area contributed by atoms with Crippen molar-refractivity contribution in [2.45, 2.75) is 4.90 Å². The van der Waals surface area contributed by atoms with Crippen molar-refractivity contribution in [3.63, 3.8) is 0 Å². The second-order valence-electron chi connectivity index (χ2n) is 3.21. The van der Waals surface area contributed by atoms with Crippen molar-refractivity contribution < 1.29 is 12.6 Å². The normalized spacial score (nSPS) is 11.9. The zero-order valence-corrected chi connectivity index (χ0v) is 10.9. The van der Waals surface area contributed by atoms with Crippen LogP contribution < -0.4 is 0 Å². The van der Waals surface area contributed by atoms with Gasteiger partial charge < -0.3 is 0 Å². The van der Waals surface area contributed by atoms with Crippen LogP contribution in [-0.2, 0) is 14.3 Å². The van der Waals surface area contributed by atoms with Gasteiger partial charge in [0.2, 0.25) is 0 Å². The molecular formula is C11H9BrO3S. The number of halogens is 1. The van der Waals surface area contributed by atoms with Gasteiger partial charge in [0.25, 0.3) is 10.1 Å². The highest BCUT2D eigenvalue weighted by Crippen LogP contribution is 2.29. The number of hydrogen-bond donors (Lipinski definition) is 0. The molecule has 0 spiro atoms. The fraction of sp³-hybridized carbons (Fsp3) is 0.0909. The van der Waals surface area contributed by atoms with Crippen LogP contribution in [0, 0.1) is 0 Å². The van der Waals surface area contributed by atoms with Gasteiger partial charge in [0, 0.05) is 9.86 Å². The predicted molar refractivity (Wildman–Crippen MR) is 65.8 cm³/mol. The zero-order chi connectivity index (χ0) is 11.8. The molecule has 0 saturated heterocycles. The van der Waals surface area contributed by atoms with Crippen LogP contribution in [0.4, 0.5) is 0 Å². The second kappa shape index (κ2) is 4.16. The maximum Gasteiger partial charge on any atom is 0.297 e. The van der Waals surface area contributed by atoms with E-state index in [1.165, 1.54) is 6.07 Å². The molecule has 0 aromatic heterocycles. The first-order valence-electron chi connectivity index (χ1n) is 4.54. The Balaban J connectivity index is 2.88. The van der Waals surface area contributed by atoms with Crippen LogP contribution in [0.15, 0.2) is 45.8 Å². The third-order valence-corrected chi connectivity index (χ3v) is 4.34. The van der Waals surface area contributed by atoms with E-state index in [0.29, 0.717) is 5.39 Å². The predicted octanol–water partition coefficient (Wildman–Crippen LogP) is 2.94. The van der Waals surface area contributed by atoms with Gasteiger partial charge in [0.1, 0.15) is 4.90 Å². The second-order valence-corrected chi connectivity index (χ2v) is 5.75. The molecule has 0 radical (unpaired) electrons. The monoisotopic (exact) mass is 300 g/mol. The standard InChI is InChI=1S/C11H9BrO3S/c1-15-16(13,14)11-7-3-4-8-9(11)5-2-6-10(8)12/h2-7H,1H3. The van der Waals surface area contributed by atoms with Crippen LogP contribution in [0.5, 0.6) is 0 Å². The smallest absolute Gasteiger partial charge is 0.270 e. The molecule has 0 aliphatic carbocycles. The fourth-order valence-electron chi connectivity index (χ4n) is 1.55. The van der Waals surface area contributed by atoms with Gasteiger partial charge in [-0.05, 0) is 17.5 Å². The Morgan fingerprint density at radius 2 is 1.69 bits per heavy atom. The Morgan fingerprint density at radius 1 is 1.06 bits per heavy atom. The summed E-state index contributed by atoms with van der Waals surface area (Å²) in [5.41, 5.74) is 0. The quantitative estimate of drug-likeness (QED) is 0.801. The molecule has 0 unspecified atom stereocenters. The summed E-state index contributed by atoms with van der Waals surface area (Å²) < 4.78 is 28.8. The van der Waals surface area contributed by atoms with Gasteiger partial charge in [0.15, 0.2) is 0 Å². The van der Waals surface area contributed by atoms with Crippen LogP contribution in [0.2, 0.25) is 0 Å². The Bertz CT molecular complexity index is 635. The molecule has 16 heavy (non-hydrogen) atoms. The fourth-order valence-corrected chi connectivity index (χ4v) is 2.92. The van der Waals surface area contributed by atoms with Gasteiger partial charge in [-0.15, -0.1) is 0 Å². The van der Waals surface area contributed by atoms with Crippen LogP contribution in [0.3, 0.4) is 0 Å². The lowest BCUT2D eigenvalue weighted by molar-refractivity contribution is 0.398. The van der Waals surface area contributed by atoms with Crippen molar-refractivity contribution >= 4 is 36.8 Å². The minimum atomic E-state index is -3.66. The largest absolute Gasteiger partial charge is 0.297 e. The summed E-state index contributed by atoms with van der Waals surface area (Å²) in [4.78, 5) is 0.189. The van der Waals surface area contributed by atoms with E-state index in [1.807, 2.05) is 12.1 Å². The third-order valence-electron chi connectivity index (χ3n) is 2.32. The van der Waals surface area contributed by atoms with E-state index in [9.17, 15) is 8.42 Å². The van der Waals surface area contributed by atoms with Crippen molar-refractivity contribution in [3.05, 3.63) is 40.9 Å². The molecule has 0 amide bonds. The van der Waals surface area contributed by atoms with Gasteiger partial charge in [-0.25, -0.2) is 0 Å². The van der Waals surface area contributed by atoms with Gasteiger partial charge in [0.05, 0.1) is 7.11 Å². The zero-order valence-electron chi connectivity index (χ0n) is 8.48. The van der Waals surface area contributed by atoms with Crippen LogP contribution in [0.25, 0.3) is 10.8 Å². The van der Waals surface area contributed by atoms with Crippen LogP contribution >= 0.6 is 15.9 Å². The summed E-state index contributed by atoms with van der Waals surface area (Å²) in [5, 5.41) is 1.50. The Kier molecular flexibility index (Phi) is 3.01. The first kappa shape index (κ1) is 11.6. The molecule has 0 bridgehead atoms. The molecule has 0 fully saturated rings. The van der Waals surface area contributed by atoms with Gasteiger partial charge in [-0.2, -0.15) is 8.42 Å². The van der Waals surface area contributed by atoms with Crippen molar-refractivity contribution in [1.82, 2.24) is 0 Å². The number of fused-ring (bicyclic) bond motifs is 1. The summed E-state index contributed by atoms with van der Waals surface area (Å²) in [6.07, 6.45) is 0. The highest BCUT2D eigenvalue weighted by atomic mass is 79.9. The minimum absolute atomic E-state index is 0.189. The number of rotatable bonds is 2. The topological polar surface area (TPSA) is 43.4 Å². The maximum atomic E-state index is 11.7. The summed E-state index contributed by atoms with van der Waals surface area (Å²) in [6.45, 7) is 0. The Hall–Kier alpha value is -0.910. The molecule has 84 valence electrons. The molecule has 2 rings (SSSR count). The molecule has 0 aliphatic rings. The van der Waals surface area contributed by atoms with Crippen molar-refractivity contribution in [2.75, 3.05) is 7.11 Å². The van der Waals surface area contributed by atoms with E-state index in [-0.39, 0.29) is 4.90 Å². The van der Waals surface area contributed by atoms with E-state index in [2.05, 4.69) is 20.1 Å². The van der Waals surface area contributed by atoms with Crippen LogP contribution in [0.1, 0.15) is 0 Å². The molecule has 0 saturated carbocycles. The molecule has 2 aromatic rings. The lowest BCUT2D eigenvalue weighted by Gasteiger charge is -2.06. The third kappa shape index (κ3) is 1.86. The number of hydrogen-bond acceptors (Lipinski definition) is 3. The lowest BCUT2D eigenvalue weighted by atomic mass is 10.1. The molecule has 2 aromatic carbocycles. The summed E-state index contributed by atoms with van der Waals surface area (Å²) in [7, 11) is -2.50. The Labute approximate surface area is 102 Å². The molecule has 0 heterocycles. The average Bonchev–Trinajstić information content (AvgIpc) is 2.29. The van der Waals surface area contributed by atoms with E-state index < -0.39 is 10.1 Å². The van der Waals surface area contributed by atoms with E-state index in [4.69, 9.17) is 0 Å². The Morgan fingerprint density at radius 3 is 2.38 bits per heavy atom. The highest BCUT2D eigenvalue weighted by molar-refractivity contribution is 9.10. The molecular weight excluding hydrogens is 292 g/mol. The first-order chi connectivity index (χ1) is 7.56. The van der Waals surface area contributed by atoms with E-state index in [0.717, 1.165) is 17.0 Å². The molecule has 0 aliphatic heterocycles. The SMILES string of the molecule is COS(=O)(=O)c1cccc2c(Br)cccc12. The van der Waals surface area contributed by atoms with Crippen molar-refractivity contribution in [2.24, 2.45) is 0 Å². The van der Waals surface area contributed by atoms with Crippen LogP contribution in [-0.4, -0.2) is 15.5 Å². The summed E-state index contributed by atoms with van der Waals surface area (Å²) in [6, 6.07) is 10.5. The average molecular weight is 301 g/mol. The maximum absolute atomic E-state index is 11.7. The van der Waals surface area contributed by atoms with E-state index in [1.54, 1.807) is 18.2 Å². The summed E-state index contributed by atoms with van der Waals surface area (Å²) in [5.74, 6) is 0.